The van der Waals surface area contributed by atoms with Gasteiger partial charge in [-0.2, -0.15) is 4.98 Å². The number of piperazine rings is 1. The molecule has 2 N–H and O–H groups in total. The van der Waals surface area contributed by atoms with Crippen LogP contribution in [0.4, 0.5) is 11.7 Å². The molecule has 1 aliphatic rings. The molecule has 96 valence electrons. The summed E-state index contributed by atoms with van der Waals surface area (Å²) in [5, 5.41) is 0. The van der Waals surface area contributed by atoms with Crippen LogP contribution in [-0.2, 0) is 0 Å². The highest BCUT2D eigenvalue weighted by Crippen LogP contribution is 2.25. The van der Waals surface area contributed by atoms with Crippen molar-refractivity contribution in [2.75, 3.05) is 37.3 Å². The lowest BCUT2D eigenvalue weighted by Gasteiger charge is -2.37. The molecule has 1 aromatic carbocycles. The SMILES string of the molecule is CC1CN(C)CCN1c1nc2cc(N)ccc2o1. The number of nitrogens with two attached hydrogens (primary N) is 1. The van der Waals surface area contributed by atoms with Gasteiger partial charge in [-0.15, -0.1) is 0 Å². The van der Waals surface area contributed by atoms with Gasteiger partial charge in [-0.25, -0.2) is 0 Å². The number of rotatable bonds is 1. The summed E-state index contributed by atoms with van der Waals surface area (Å²) >= 11 is 0. The maximum atomic E-state index is 5.81. The van der Waals surface area contributed by atoms with Crippen LogP contribution in [0.25, 0.3) is 11.1 Å². The quantitative estimate of drug-likeness (QED) is 0.774. The Morgan fingerprint density at radius 2 is 2.22 bits per heavy atom. The molecule has 1 atom stereocenters. The molecular weight excluding hydrogens is 228 g/mol. The molecule has 0 bridgehead atoms. The molecule has 5 nitrogen and oxygen atoms in total. The van der Waals surface area contributed by atoms with E-state index in [4.69, 9.17) is 10.2 Å². The molecule has 1 aromatic heterocycles. The van der Waals surface area contributed by atoms with Gasteiger partial charge in [-0.3, -0.25) is 0 Å². The number of hydrogen-bond acceptors (Lipinski definition) is 5. The molecule has 2 heterocycles. The van der Waals surface area contributed by atoms with E-state index in [2.05, 4.69) is 28.8 Å². The number of likely N-dealkylation sites (N-methyl/N-ethyl adjacent to an activating group) is 1. The molecule has 0 amide bonds. The van der Waals surface area contributed by atoms with E-state index >= 15 is 0 Å². The largest absolute Gasteiger partial charge is 0.423 e. The average molecular weight is 246 g/mol. The second-order valence-corrected chi connectivity index (χ2v) is 5.03. The van der Waals surface area contributed by atoms with E-state index in [1.54, 1.807) is 0 Å². The van der Waals surface area contributed by atoms with Crippen molar-refractivity contribution in [1.29, 1.82) is 0 Å². The maximum Gasteiger partial charge on any atom is 0.298 e. The summed E-state index contributed by atoms with van der Waals surface area (Å²) in [5.74, 6) is 0. The van der Waals surface area contributed by atoms with Crippen molar-refractivity contribution in [3.63, 3.8) is 0 Å². The van der Waals surface area contributed by atoms with Crippen molar-refractivity contribution in [3.8, 4) is 0 Å². The summed E-state index contributed by atoms with van der Waals surface area (Å²) in [7, 11) is 2.14. The van der Waals surface area contributed by atoms with Gasteiger partial charge in [0.15, 0.2) is 5.58 Å². The van der Waals surface area contributed by atoms with E-state index in [0.717, 1.165) is 30.7 Å². The van der Waals surface area contributed by atoms with Crippen molar-refractivity contribution in [3.05, 3.63) is 18.2 Å². The topological polar surface area (TPSA) is 58.5 Å². The van der Waals surface area contributed by atoms with Gasteiger partial charge in [-0.05, 0) is 32.2 Å². The molecule has 1 saturated heterocycles. The minimum atomic E-state index is 0.411. The van der Waals surface area contributed by atoms with Gasteiger partial charge in [0.1, 0.15) is 5.52 Å². The summed E-state index contributed by atoms with van der Waals surface area (Å²) in [6.07, 6.45) is 0. The first-order valence-corrected chi connectivity index (χ1v) is 6.25. The Balaban J connectivity index is 1.94. The van der Waals surface area contributed by atoms with E-state index in [0.29, 0.717) is 17.7 Å². The van der Waals surface area contributed by atoms with Gasteiger partial charge in [0.2, 0.25) is 0 Å². The van der Waals surface area contributed by atoms with E-state index in [-0.39, 0.29) is 0 Å². The van der Waals surface area contributed by atoms with E-state index < -0.39 is 0 Å². The number of nitrogens with zero attached hydrogens (tertiary/aromatic N) is 3. The number of nitrogen functional groups attached to an aromatic ring is 1. The minimum Gasteiger partial charge on any atom is -0.423 e. The first kappa shape index (κ1) is 11.3. The molecular formula is C13H18N4O. The number of hydrogen-bond donors (Lipinski definition) is 1. The Bertz CT molecular complexity index is 565. The molecule has 1 fully saturated rings. The summed E-state index contributed by atoms with van der Waals surface area (Å²) in [6, 6.07) is 6.68. The average Bonchev–Trinajstić information content (AvgIpc) is 2.71. The molecule has 2 aromatic rings. The number of benzene rings is 1. The van der Waals surface area contributed by atoms with Gasteiger partial charge in [0.05, 0.1) is 0 Å². The van der Waals surface area contributed by atoms with Crippen LogP contribution in [0.15, 0.2) is 22.6 Å². The lowest BCUT2D eigenvalue weighted by Crippen LogP contribution is -2.50. The molecule has 5 heteroatoms. The van der Waals surface area contributed by atoms with Crippen molar-refractivity contribution in [2.24, 2.45) is 0 Å². The van der Waals surface area contributed by atoms with Gasteiger partial charge < -0.3 is 20.0 Å². The first-order valence-electron chi connectivity index (χ1n) is 6.25. The van der Waals surface area contributed by atoms with Crippen molar-refractivity contribution in [1.82, 2.24) is 9.88 Å². The van der Waals surface area contributed by atoms with Crippen LogP contribution < -0.4 is 10.6 Å². The number of anilines is 2. The number of fused-ring (bicyclic) bond motifs is 1. The standard InChI is InChI=1S/C13H18N4O/c1-9-8-16(2)5-6-17(9)13-15-11-7-10(14)3-4-12(11)18-13/h3-4,7,9H,5-6,8,14H2,1-2H3. The molecule has 1 unspecified atom stereocenters. The summed E-state index contributed by atoms with van der Waals surface area (Å²) in [5.41, 5.74) is 8.10. The fraction of sp³-hybridized carbons (Fsp3) is 0.462. The summed E-state index contributed by atoms with van der Waals surface area (Å²) < 4.78 is 5.81. The molecule has 1 aliphatic heterocycles. The molecule has 3 rings (SSSR count). The van der Waals surface area contributed by atoms with Crippen LogP contribution in [0.5, 0.6) is 0 Å². The van der Waals surface area contributed by atoms with Gasteiger partial charge in [0.25, 0.3) is 6.01 Å². The third kappa shape index (κ3) is 1.90. The Hall–Kier alpha value is -1.75. The molecule has 0 saturated carbocycles. The van der Waals surface area contributed by atoms with Gasteiger partial charge >= 0.3 is 0 Å². The lowest BCUT2D eigenvalue weighted by atomic mass is 10.2. The second-order valence-electron chi connectivity index (χ2n) is 5.03. The van der Waals surface area contributed by atoms with Crippen LogP contribution in [0, 0.1) is 0 Å². The van der Waals surface area contributed by atoms with Crippen molar-refractivity contribution < 1.29 is 4.42 Å². The number of aromatic nitrogens is 1. The Kier molecular flexibility index (Phi) is 2.63. The zero-order chi connectivity index (χ0) is 12.7. The highest BCUT2D eigenvalue weighted by Gasteiger charge is 2.25. The molecule has 0 radical (unpaired) electrons. The van der Waals surface area contributed by atoms with Crippen LogP contribution in [0.2, 0.25) is 0 Å². The van der Waals surface area contributed by atoms with E-state index in [1.165, 1.54) is 0 Å². The van der Waals surface area contributed by atoms with Gasteiger partial charge in [-0.1, -0.05) is 0 Å². The van der Waals surface area contributed by atoms with Crippen LogP contribution >= 0.6 is 0 Å². The summed E-state index contributed by atoms with van der Waals surface area (Å²) in [4.78, 5) is 9.07. The molecule has 18 heavy (non-hydrogen) atoms. The molecule has 0 aliphatic carbocycles. The smallest absolute Gasteiger partial charge is 0.298 e. The highest BCUT2D eigenvalue weighted by molar-refractivity contribution is 5.78. The maximum absolute atomic E-state index is 5.81. The zero-order valence-corrected chi connectivity index (χ0v) is 10.8. The predicted octanol–water partition coefficient (Wildman–Crippen LogP) is 1.55. The van der Waals surface area contributed by atoms with E-state index in [1.807, 2.05) is 18.2 Å². The first-order chi connectivity index (χ1) is 8.63. The zero-order valence-electron chi connectivity index (χ0n) is 10.8. The van der Waals surface area contributed by atoms with E-state index in [9.17, 15) is 0 Å². The van der Waals surface area contributed by atoms with Crippen LogP contribution in [0.3, 0.4) is 0 Å². The minimum absolute atomic E-state index is 0.411. The Morgan fingerprint density at radius 1 is 1.39 bits per heavy atom. The van der Waals surface area contributed by atoms with Gasteiger partial charge in [0, 0.05) is 31.4 Å². The normalized spacial score (nSPS) is 21.7. The Labute approximate surface area is 106 Å². The third-order valence-electron chi connectivity index (χ3n) is 3.48. The lowest BCUT2D eigenvalue weighted by molar-refractivity contribution is 0.268. The highest BCUT2D eigenvalue weighted by atomic mass is 16.4. The second kappa shape index (κ2) is 4.17. The van der Waals surface area contributed by atoms with Crippen LogP contribution in [-0.4, -0.2) is 42.6 Å². The predicted molar refractivity (Wildman–Crippen MR) is 72.7 cm³/mol. The van der Waals surface area contributed by atoms with Crippen molar-refractivity contribution >= 4 is 22.8 Å². The number of oxazole rings is 1. The van der Waals surface area contributed by atoms with Crippen molar-refractivity contribution in [2.45, 2.75) is 13.0 Å². The Morgan fingerprint density at radius 3 is 3.00 bits per heavy atom. The fourth-order valence-corrected chi connectivity index (χ4v) is 2.48. The third-order valence-corrected chi connectivity index (χ3v) is 3.48. The van der Waals surface area contributed by atoms with Crippen LogP contribution in [0.1, 0.15) is 6.92 Å². The summed E-state index contributed by atoms with van der Waals surface area (Å²) in [6.45, 7) is 5.20. The fourth-order valence-electron chi connectivity index (χ4n) is 2.48. The molecule has 0 spiro atoms. The monoisotopic (exact) mass is 246 g/mol.